The van der Waals surface area contributed by atoms with E-state index in [1.165, 1.54) is 0 Å². The molecule has 2 heterocycles. The summed E-state index contributed by atoms with van der Waals surface area (Å²) >= 11 is 0. The monoisotopic (exact) mass is 207 g/mol. The molecular weight excluding hydrogens is 190 g/mol. The second-order valence-electron chi connectivity index (χ2n) is 4.08. The highest BCUT2D eigenvalue weighted by Gasteiger charge is 2.22. The molecule has 2 N–H and O–H groups in total. The van der Waals surface area contributed by atoms with E-state index in [2.05, 4.69) is 23.7 Å². The molecule has 2 unspecified atom stereocenters. The largest absolute Gasteiger partial charge is 0.384 e. The van der Waals surface area contributed by atoms with Gasteiger partial charge in [0.15, 0.2) is 0 Å². The zero-order valence-electron chi connectivity index (χ0n) is 9.18. The van der Waals surface area contributed by atoms with Gasteiger partial charge >= 0.3 is 0 Å². The predicted octanol–water partition coefficient (Wildman–Crippen LogP) is 1.28. The molecule has 0 amide bonds. The van der Waals surface area contributed by atoms with Crippen molar-refractivity contribution in [3.8, 4) is 0 Å². The number of hydrogen-bond acceptors (Lipinski definition) is 4. The highest BCUT2D eigenvalue weighted by molar-refractivity contribution is 5.45. The molecule has 0 aliphatic carbocycles. The average molecular weight is 207 g/mol. The third-order valence-corrected chi connectivity index (χ3v) is 2.50. The number of nitrogen functional groups attached to an aromatic ring is 1. The van der Waals surface area contributed by atoms with Gasteiger partial charge in [0.1, 0.15) is 11.6 Å². The van der Waals surface area contributed by atoms with Crippen molar-refractivity contribution < 1.29 is 4.74 Å². The van der Waals surface area contributed by atoms with Crippen molar-refractivity contribution in [2.24, 2.45) is 0 Å². The Balaban J connectivity index is 2.16. The summed E-state index contributed by atoms with van der Waals surface area (Å²) < 4.78 is 5.67. The van der Waals surface area contributed by atoms with Gasteiger partial charge in [-0.2, -0.15) is 0 Å². The number of nitrogens with zero attached hydrogens (tertiary/aromatic N) is 2. The molecule has 0 aromatic carbocycles. The van der Waals surface area contributed by atoms with Gasteiger partial charge in [-0.1, -0.05) is 6.07 Å². The molecular formula is C11H17N3O. The zero-order chi connectivity index (χ0) is 10.8. The van der Waals surface area contributed by atoms with Crippen molar-refractivity contribution in [1.29, 1.82) is 0 Å². The van der Waals surface area contributed by atoms with Crippen LogP contribution in [0, 0.1) is 0 Å². The van der Waals surface area contributed by atoms with Crippen molar-refractivity contribution in [2.75, 3.05) is 23.7 Å². The summed E-state index contributed by atoms with van der Waals surface area (Å²) in [7, 11) is 0. The second-order valence-corrected chi connectivity index (χ2v) is 4.08. The minimum atomic E-state index is 0.247. The first-order valence-electron chi connectivity index (χ1n) is 5.28. The molecule has 2 rings (SSSR count). The molecule has 1 aliphatic rings. The standard InChI is InChI=1S/C11H17N3O/c1-8-6-14(7-9(2)15-8)11-5-3-4-10(12)13-11/h3-5,8-9H,6-7H2,1-2H3,(H2,12,13). The van der Waals surface area contributed by atoms with Crippen molar-refractivity contribution in [1.82, 2.24) is 4.98 Å². The van der Waals surface area contributed by atoms with Crippen LogP contribution in [0.25, 0.3) is 0 Å². The van der Waals surface area contributed by atoms with Crippen LogP contribution in [0.2, 0.25) is 0 Å². The number of hydrogen-bond donors (Lipinski definition) is 1. The molecule has 1 saturated heterocycles. The van der Waals surface area contributed by atoms with Gasteiger partial charge in [0, 0.05) is 13.1 Å². The Labute approximate surface area is 90.0 Å². The lowest BCUT2D eigenvalue weighted by atomic mass is 10.2. The Bertz CT molecular complexity index is 332. The Hall–Kier alpha value is -1.29. The van der Waals surface area contributed by atoms with Gasteiger partial charge in [0.2, 0.25) is 0 Å². The maximum Gasteiger partial charge on any atom is 0.131 e. The predicted molar refractivity (Wildman–Crippen MR) is 60.9 cm³/mol. The van der Waals surface area contributed by atoms with Crippen LogP contribution < -0.4 is 10.6 Å². The van der Waals surface area contributed by atoms with Gasteiger partial charge in [-0.15, -0.1) is 0 Å². The fourth-order valence-electron chi connectivity index (χ4n) is 1.98. The summed E-state index contributed by atoms with van der Waals surface area (Å²) in [5.74, 6) is 1.51. The lowest BCUT2D eigenvalue weighted by molar-refractivity contribution is -0.00545. The number of morpholine rings is 1. The fourth-order valence-corrected chi connectivity index (χ4v) is 1.98. The van der Waals surface area contributed by atoms with E-state index in [-0.39, 0.29) is 12.2 Å². The van der Waals surface area contributed by atoms with Crippen molar-refractivity contribution >= 4 is 11.6 Å². The first-order chi connectivity index (χ1) is 7.15. The van der Waals surface area contributed by atoms with E-state index in [1.807, 2.05) is 12.1 Å². The molecule has 4 heteroatoms. The third kappa shape index (κ3) is 2.39. The highest BCUT2D eigenvalue weighted by Crippen LogP contribution is 2.18. The van der Waals surface area contributed by atoms with E-state index in [0.29, 0.717) is 5.82 Å². The van der Waals surface area contributed by atoms with E-state index in [0.717, 1.165) is 18.9 Å². The molecule has 82 valence electrons. The van der Waals surface area contributed by atoms with Gasteiger partial charge in [-0.05, 0) is 26.0 Å². The minimum absolute atomic E-state index is 0.247. The molecule has 1 aromatic heterocycles. The third-order valence-electron chi connectivity index (χ3n) is 2.50. The van der Waals surface area contributed by atoms with Gasteiger partial charge in [0.05, 0.1) is 12.2 Å². The summed E-state index contributed by atoms with van der Waals surface area (Å²) in [5.41, 5.74) is 5.67. The number of nitrogens with two attached hydrogens (primary N) is 1. The fraction of sp³-hybridized carbons (Fsp3) is 0.545. The van der Waals surface area contributed by atoms with E-state index < -0.39 is 0 Å². The number of ether oxygens (including phenoxy) is 1. The summed E-state index contributed by atoms with van der Waals surface area (Å²) in [6.45, 7) is 5.91. The maximum absolute atomic E-state index is 5.67. The van der Waals surface area contributed by atoms with Crippen LogP contribution >= 0.6 is 0 Å². The van der Waals surface area contributed by atoms with Crippen molar-refractivity contribution in [2.45, 2.75) is 26.1 Å². The van der Waals surface area contributed by atoms with Crippen LogP contribution in [0.4, 0.5) is 11.6 Å². The van der Waals surface area contributed by atoms with Crippen LogP contribution in [0.3, 0.4) is 0 Å². The molecule has 0 spiro atoms. The van der Waals surface area contributed by atoms with E-state index in [1.54, 1.807) is 6.07 Å². The molecule has 1 aromatic rings. The van der Waals surface area contributed by atoms with Crippen LogP contribution in [0.5, 0.6) is 0 Å². The quantitative estimate of drug-likeness (QED) is 0.753. The molecule has 0 radical (unpaired) electrons. The highest BCUT2D eigenvalue weighted by atomic mass is 16.5. The first kappa shape index (κ1) is 10.2. The molecule has 0 saturated carbocycles. The zero-order valence-corrected chi connectivity index (χ0v) is 9.18. The molecule has 2 atom stereocenters. The van der Waals surface area contributed by atoms with E-state index in [4.69, 9.17) is 10.5 Å². The molecule has 0 bridgehead atoms. The molecule has 4 nitrogen and oxygen atoms in total. The summed E-state index contributed by atoms with van der Waals surface area (Å²) in [4.78, 5) is 6.53. The van der Waals surface area contributed by atoms with Gasteiger partial charge in [0.25, 0.3) is 0 Å². The van der Waals surface area contributed by atoms with Gasteiger partial charge in [-0.25, -0.2) is 4.98 Å². The minimum Gasteiger partial charge on any atom is -0.384 e. The summed E-state index contributed by atoms with van der Waals surface area (Å²) in [6, 6.07) is 5.72. The first-order valence-corrected chi connectivity index (χ1v) is 5.28. The summed E-state index contributed by atoms with van der Waals surface area (Å²) in [6.07, 6.45) is 0.494. The van der Waals surface area contributed by atoms with Crippen molar-refractivity contribution in [3.05, 3.63) is 18.2 Å². The Morgan fingerprint density at radius 2 is 2.00 bits per heavy atom. The molecule has 1 fully saturated rings. The second kappa shape index (κ2) is 4.06. The van der Waals surface area contributed by atoms with Gasteiger partial charge < -0.3 is 15.4 Å². The number of anilines is 2. The lowest BCUT2D eigenvalue weighted by Gasteiger charge is -2.36. The van der Waals surface area contributed by atoms with E-state index >= 15 is 0 Å². The SMILES string of the molecule is CC1CN(c2cccc(N)n2)CC(C)O1. The van der Waals surface area contributed by atoms with E-state index in [9.17, 15) is 0 Å². The van der Waals surface area contributed by atoms with Crippen LogP contribution in [-0.2, 0) is 4.74 Å². The lowest BCUT2D eigenvalue weighted by Crippen LogP contribution is -2.45. The Kier molecular flexibility index (Phi) is 2.77. The van der Waals surface area contributed by atoms with Crippen LogP contribution in [0.1, 0.15) is 13.8 Å². The molecule has 15 heavy (non-hydrogen) atoms. The van der Waals surface area contributed by atoms with Crippen LogP contribution in [0.15, 0.2) is 18.2 Å². The number of rotatable bonds is 1. The molecule has 1 aliphatic heterocycles. The maximum atomic E-state index is 5.67. The van der Waals surface area contributed by atoms with Gasteiger partial charge in [-0.3, -0.25) is 0 Å². The normalized spacial score (nSPS) is 26.7. The number of pyridine rings is 1. The van der Waals surface area contributed by atoms with Crippen molar-refractivity contribution in [3.63, 3.8) is 0 Å². The van der Waals surface area contributed by atoms with Crippen LogP contribution in [-0.4, -0.2) is 30.3 Å². The Morgan fingerprint density at radius 1 is 1.33 bits per heavy atom. The average Bonchev–Trinajstić information content (AvgIpc) is 2.16. The smallest absolute Gasteiger partial charge is 0.131 e. The topological polar surface area (TPSA) is 51.4 Å². The number of aromatic nitrogens is 1. The summed E-state index contributed by atoms with van der Waals surface area (Å²) in [5, 5.41) is 0. The Morgan fingerprint density at radius 3 is 2.60 bits per heavy atom.